The summed E-state index contributed by atoms with van der Waals surface area (Å²) in [4.78, 5) is 15.0. The number of nitrogens with zero attached hydrogens (tertiary/aromatic N) is 1. The summed E-state index contributed by atoms with van der Waals surface area (Å²) >= 11 is 5.64. The molecule has 0 saturated carbocycles. The number of pyridine rings is 1. The van der Waals surface area contributed by atoms with E-state index in [1.165, 1.54) is 0 Å². The first-order chi connectivity index (χ1) is 10.6. The third-order valence-corrected chi connectivity index (χ3v) is 3.15. The van der Waals surface area contributed by atoms with Crippen LogP contribution in [0, 0.1) is 11.6 Å². The zero-order valence-electron chi connectivity index (χ0n) is 11.3. The Bertz CT molecular complexity index is 776. The molecule has 0 unspecified atom stereocenters. The summed E-state index contributed by atoms with van der Waals surface area (Å²) in [6, 6.07) is 2.21. The molecule has 9 heteroatoms. The molecule has 1 aromatic heterocycles. The molecule has 0 amide bonds. The monoisotopic (exact) mass is 351 g/mol. The molecule has 1 heterocycles. The average Bonchev–Trinajstić information content (AvgIpc) is 2.46. The SMILES string of the molecule is COC(=O)c1nc(-c2ccc(C(F)(F)F)cc2F)c(F)cc1Cl. The second kappa shape index (κ2) is 6.11. The van der Waals surface area contributed by atoms with Gasteiger partial charge in [-0.2, -0.15) is 13.2 Å². The normalized spacial score (nSPS) is 11.4. The zero-order chi connectivity index (χ0) is 17.4. The third kappa shape index (κ3) is 3.42. The summed E-state index contributed by atoms with van der Waals surface area (Å²) in [7, 11) is 1.03. The van der Waals surface area contributed by atoms with Gasteiger partial charge in [0.05, 0.1) is 17.7 Å². The summed E-state index contributed by atoms with van der Waals surface area (Å²) in [5.74, 6) is -3.44. The van der Waals surface area contributed by atoms with E-state index in [1.807, 2.05) is 0 Å². The molecule has 0 atom stereocenters. The van der Waals surface area contributed by atoms with E-state index in [9.17, 15) is 26.7 Å². The van der Waals surface area contributed by atoms with Crippen LogP contribution in [0.1, 0.15) is 16.1 Å². The van der Waals surface area contributed by atoms with Gasteiger partial charge in [-0.25, -0.2) is 18.6 Å². The van der Waals surface area contributed by atoms with E-state index in [-0.39, 0.29) is 11.1 Å². The van der Waals surface area contributed by atoms with Crippen molar-refractivity contribution >= 4 is 17.6 Å². The topological polar surface area (TPSA) is 39.2 Å². The fraction of sp³-hybridized carbons (Fsp3) is 0.143. The standard InChI is InChI=1S/C14H7ClF5NO2/c1-23-13(22)12-8(15)5-10(17)11(21-12)7-3-2-6(4-9(7)16)14(18,19)20/h2-5H,1H3. The first-order valence-corrected chi connectivity index (χ1v) is 6.34. The number of alkyl halides is 3. The fourth-order valence-corrected chi connectivity index (χ4v) is 1.99. The molecule has 0 saturated heterocycles. The second-order valence-electron chi connectivity index (χ2n) is 4.33. The number of halogens is 6. The van der Waals surface area contributed by atoms with E-state index in [0.29, 0.717) is 12.1 Å². The van der Waals surface area contributed by atoms with Gasteiger partial charge in [-0.15, -0.1) is 0 Å². The molecule has 0 radical (unpaired) electrons. The predicted molar refractivity (Wildman–Crippen MR) is 70.9 cm³/mol. The number of hydrogen-bond donors (Lipinski definition) is 0. The molecule has 3 nitrogen and oxygen atoms in total. The smallest absolute Gasteiger partial charge is 0.416 e. The maximum Gasteiger partial charge on any atom is 0.416 e. The van der Waals surface area contributed by atoms with Crippen LogP contribution in [0.15, 0.2) is 24.3 Å². The highest BCUT2D eigenvalue weighted by Gasteiger charge is 2.31. The van der Waals surface area contributed by atoms with Crippen LogP contribution in [0.5, 0.6) is 0 Å². The largest absolute Gasteiger partial charge is 0.464 e. The first kappa shape index (κ1) is 17.1. The molecule has 0 aliphatic carbocycles. The summed E-state index contributed by atoms with van der Waals surface area (Å²) < 4.78 is 69.8. The van der Waals surface area contributed by atoms with Gasteiger partial charge in [0, 0.05) is 5.56 Å². The molecular formula is C14H7ClF5NO2. The summed E-state index contributed by atoms with van der Waals surface area (Å²) in [5.41, 5.74) is -2.91. The van der Waals surface area contributed by atoms with Crippen molar-refractivity contribution in [2.24, 2.45) is 0 Å². The van der Waals surface area contributed by atoms with Crippen LogP contribution in [0.3, 0.4) is 0 Å². The number of ether oxygens (including phenoxy) is 1. The lowest BCUT2D eigenvalue weighted by atomic mass is 10.1. The van der Waals surface area contributed by atoms with Crippen molar-refractivity contribution in [3.05, 3.63) is 52.2 Å². The molecule has 0 aliphatic heterocycles. The minimum atomic E-state index is -4.75. The predicted octanol–water partition coefficient (Wildman–Crippen LogP) is 4.49. The highest BCUT2D eigenvalue weighted by molar-refractivity contribution is 6.33. The maximum atomic E-state index is 13.9. The molecule has 0 fully saturated rings. The molecule has 2 rings (SSSR count). The number of esters is 1. The van der Waals surface area contributed by atoms with Crippen LogP contribution in [0.2, 0.25) is 5.02 Å². The van der Waals surface area contributed by atoms with Gasteiger partial charge in [0.15, 0.2) is 11.5 Å². The zero-order valence-corrected chi connectivity index (χ0v) is 12.1. The molecule has 1 aromatic carbocycles. The van der Waals surface area contributed by atoms with Crippen LogP contribution in [-0.4, -0.2) is 18.1 Å². The van der Waals surface area contributed by atoms with Gasteiger partial charge in [-0.05, 0) is 24.3 Å². The first-order valence-electron chi connectivity index (χ1n) is 5.96. The van der Waals surface area contributed by atoms with E-state index in [2.05, 4.69) is 9.72 Å². The van der Waals surface area contributed by atoms with Crippen molar-refractivity contribution in [2.45, 2.75) is 6.18 Å². The summed E-state index contributed by atoms with van der Waals surface area (Å²) in [6.07, 6.45) is -4.75. The van der Waals surface area contributed by atoms with Crippen LogP contribution < -0.4 is 0 Å². The number of carbonyl (C=O) groups is 1. The summed E-state index contributed by atoms with van der Waals surface area (Å²) in [6.45, 7) is 0. The number of benzene rings is 1. The Morgan fingerprint density at radius 2 is 1.83 bits per heavy atom. The molecule has 0 bridgehead atoms. The molecular weight excluding hydrogens is 345 g/mol. The highest BCUT2D eigenvalue weighted by atomic mass is 35.5. The molecule has 0 aliphatic rings. The van der Waals surface area contributed by atoms with Crippen LogP contribution in [-0.2, 0) is 10.9 Å². The van der Waals surface area contributed by atoms with E-state index in [0.717, 1.165) is 13.2 Å². The molecule has 0 spiro atoms. The van der Waals surface area contributed by atoms with E-state index in [1.54, 1.807) is 0 Å². The van der Waals surface area contributed by atoms with Crippen molar-refractivity contribution in [1.82, 2.24) is 4.98 Å². The minimum absolute atomic E-state index is 0.211. The Balaban J connectivity index is 2.61. The van der Waals surface area contributed by atoms with Gasteiger partial charge in [0.2, 0.25) is 0 Å². The summed E-state index contributed by atoms with van der Waals surface area (Å²) in [5, 5.41) is -0.370. The number of methoxy groups -OCH3 is 1. The van der Waals surface area contributed by atoms with Crippen molar-refractivity contribution in [3.8, 4) is 11.3 Å². The van der Waals surface area contributed by atoms with Gasteiger partial charge >= 0.3 is 12.1 Å². The van der Waals surface area contributed by atoms with Gasteiger partial charge < -0.3 is 4.74 Å². The lowest BCUT2D eigenvalue weighted by Gasteiger charge is -2.11. The Morgan fingerprint density at radius 1 is 1.17 bits per heavy atom. The van der Waals surface area contributed by atoms with Crippen molar-refractivity contribution in [1.29, 1.82) is 0 Å². The number of carbonyl (C=O) groups excluding carboxylic acids is 1. The van der Waals surface area contributed by atoms with Gasteiger partial charge in [-0.1, -0.05) is 11.6 Å². The highest BCUT2D eigenvalue weighted by Crippen LogP contribution is 2.33. The van der Waals surface area contributed by atoms with Gasteiger partial charge in [0.25, 0.3) is 0 Å². The average molecular weight is 352 g/mol. The van der Waals surface area contributed by atoms with Crippen LogP contribution in [0.4, 0.5) is 22.0 Å². The Morgan fingerprint density at radius 3 is 2.35 bits per heavy atom. The Kier molecular flexibility index (Phi) is 4.56. The van der Waals surface area contributed by atoms with Crippen molar-refractivity contribution < 1.29 is 31.5 Å². The van der Waals surface area contributed by atoms with E-state index in [4.69, 9.17) is 11.6 Å². The van der Waals surface area contributed by atoms with Gasteiger partial charge in [0.1, 0.15) is 11.5 Å². The molecule has 122 valence electrons. The second-order valence-corrected chi connectivity index (χ2v) is 4.74. The fourth-order valence-electron chi connectivity index (χ4n) is 1.78. The van der Waals surface area contributed by atoms with Gasteiger partial charge in [-0.3, -0.25) is 0 Å². The van der Waals surface area contributed by atoms with Crippen LogP contribution in [0.25, 0.3) is 11.3 Å². The maximum absolute atomic E-state index is 13.9. The Labute approximate surface area is 131 Å². The van der Waals surface area contributed by atoms with Crippen LogP contribution >= 0.6 is 11.6 Å². The Hall–Kier alpha value is -2.22. The molecule has 23 heavy (non-hydrogen) atoms. The lowest BCUT2D eigenvalue weighted by Crippen LogP contribution is -2.09. The third-order valence-electron chi connectivity index (χ3n) is 2.86. The quantitative estimate of drug-likeness (QED) is 0.591. The molecule has 0 N–H and O–H groups in total. The number of rotatable bonds is 2. The van der Waals surface area contributed by atoms with E-state index < -0.39 is 46.3 Å². The number of hydrogen-bond acceptors (Lipinski definition) is 3. The number of aromatic nitrogens is 1. The van der Waals surface area contributed by atoms with Crippen molar-refractivity contribution in [2.75, 3.05) is 7.11 Å². The van der Waals surface area contributed by atoms with Crippen molar-refractivity contribution in [3.63, 3.8) is 0 Å². The minimum Gasteiger partial charge on any atom is -0.464 e. The lowest BCUT2D eigenvalue weighted by molar-refractivity contribution is -0.137. The molecule has 2 aromatic rings. The van der Waals surface area contributed by atoms with E-state index >= 15 is 0 Å².